The summed E-state index contributed by atoms with van der Waals surface area (Å²) in [6.07, 6.45) is 1.29. The SMILES string of the molecule is COc1cc(C=NNS(=O)(=O)c2ccc(Cl)cc2)ccc1OC(=O)c1ccccc1Cl. The van der Waals surface area contributed by atoms with E-state index < -0.39 is 16.0 Å². The molecule has 3 aromatic carbocycles. The van der Waals surface area contributed by atoms with Gasteiger partial charge in [0.1, 0.15) is 0 Å². The average molecular weight is 479 g/mol. The molecule has 160 valence electrons. The fraction of sp³-hybridized carbons (Fsp3) is 0.0476. The fourth-order valence-electron chi connectivity index (χ4n) is 2.47. The quantitative estimate of drug-likeness (QED) is 0.233. The first-order valence-corrected chi connectivity index (χ1v) is 11.0. The van der Waals surface area contributed by atoms with E-state index in [1.165, 1.54) is 49.7 Å². The Kier molecular flexibility index (Phi) is 7.17. The Labute approximate surface area is 189 Å². The highest BCUT2D eigenvalue weighted by molar-refractivity contribution is 7.89. The molecule has 0 atom stereocenters. The van der Waals surface area contributed by atoms with E-state index in [1.807, 2.05) is 0 Å². The maximum atomic E-state index is 12.4. The first kappa shape index (κ1) is 22.6. The van der Waals surface area contributed by atoms with E-state index in [9.17, 15) is 13.2 Å². The zero-order valence-corrected chi connectivity index (χ0v) is 18.4. The molecule has 3 aromatic rings. The molecule has 0 spiro atoms. The summed E-state index contributed by atoms with van der Waals surface area (Å²) in [5.41, 5.74) is 0.724. The predicted molar refractivity (Wildman–Crippen MR) is 119 cm³/mol. The molecule has 0 aliphatic carbocycles. The molecule has 0 saturated heterocycles. The summed E-state index contributed by atoms with van der Waals surface area (Å²) >= 11 is 11.8. The number of sulfonamides is 1. The van der Waals surface area contributed by atoms with Crippen LogP contribution in [0.15, 0.2) is 76.7 Å². The molecular formula is C21H16Cl2N2O5S. The fourth-order valence-corrected chi connectivity index (χ4v) is 3.60. The van der Waals surface area contributed by atoms with Crippen LogP contribution in [0.5, 0.6) is 11.5 Å². The minimum Gasteiger partial charge on any atom is -0.493 e. The number of benzene rings is 3. The summed E-state index contributed by atoms with van der Waals surface area (Å²) in [6.45, 7) is 0. The number of nitrogens with zero attached hydrogens (tertiary/aromatic N) is 1. The van der Waals surface area contributed by atoms with E-state index in [2.05, 4.69) is 9.93 Å². The first-order valence-electron chi connectivity index (χ1n) is 8.75. The molecule has 0 bridgehead atoms. The van der Waals surface area contributed by atoms with E-state index in [1.54, 1.807) is 30.3 Å². The van der Waals surface area contributed by atoms with Crippen molar-refractivity contribution in [3.8, 4) is 11.5 Å². The number of hydrogen-bond donors (Lipinski definition) is 1. The molecule has 0 aromatic heterocycles. The normalized spacial score (nSPS) is 11.3. The molecule has 0 amide bonds. The van der Waals surface area contributed by atoms with E-state index >= 15 is 0 Å². The minimum atomic E-state index is -3.84. The lowest BCUT2D eigenvalue weighted by Crippen LogP contribution is -2.18. The molecule has 1 N–H and O–H groups in total. The van der Waals surface area contributed by atoms with Crippen LogP contribution in [0.3, 0.4) is 0 Å². The molecule has 3 rings (SSSR count). The van der Waals surface area contributed by atoms with Gasteiger partial charge in [-0.3, -0.25) is 0 Å². The molecular weight excluding hydrogens is 463 g/mol. The Hall–Kier alpha value is -3.07. The van der Waals surface area contributed by atoms with Gasteiger partial charge in [0.2, 0.25) is 0 Å². The highest BCUT2D eigenvalue weighted by atomic mass is 35.5. The number of carbonyl (C=O) groups is 1. The summed E-state index contributed by atoms with van der Waals surface area (Å²) in [5.74, 6) is -0.211. The molecule has 0 aliphatic rings. The van der Waals surface area contributed by atoms with E-state index in [0.29, 0.717) is 10.6 Å². The summed E-state index contributed by atoms with van der Waals surface area (Å²) < 4.78 is 35.1. The zero-order valence-electron chi connectivity index (χ0n) is 16.1. The van der Waals surface area contributed by atoms with Gasteiger partial charge < -0.3 is 9.47 Å². The van der Waals surface area contributed by atoms with E-state index in [4.69, 9.17) is 32.7 Å². The van der Waals surface area contributed by atoms with Crippen LogP contribution < -0.4 is 14.3 Å². The second-order valence-corrected chi connectivity index (χ2v) is 8.59. The van der Waals surface area contributed by atoms with E-state index in [-0.39, 0.29) is 27.0 Å². The third-order valence-electron chi connectivity index (χ3n) is 3.99. The maximum absolute atomic E-state index is 12.4. The van der Waals surface area contributed by atoms with E-state index in [0.717, 1.165) is 0 Å². The van der Waals surface area contributed by atoms with Gasteiger partial charge in [-0.25, -0.2) is 9.63 Å². The standard InChI is InChI=1S/C21H16Cl2N2O5S/c1-29-20-12-14(13-24-25-31(27,28)16-9-7-15(22)8-10-16)6-11-19(20)30-21(26)17-4-2-3-5-18(17)23/h2-13,25H,1H3. The van der Waals surface area contributed by atoms with Gasteiger partial charge in [0, 0.05) is 5.02 Å². The Bertz CT molecular complexity index is 1230. The molecule has 0 heterocycles. The van der Waals surface area contributed by atoms with Gasteiger partial charge in [0.05, 0.1) is 28.8 Å². The maximum Gasteiger partial charge on any atom is 0.345 e. The minimum absolute atomic E-state index is 0.0217. The van der Waals surface area contributed by atoms with Crippen molar-refractivity contribution in [2.24, 2.45) is 5.10 Å². The molecule has 0 saturated carbocycles. The number of halogens is 2. The van der Waals surface area contributed by atoms with Crippen LogP contribution in [0.4, 0.5) is 0 Å². The lowest BCUT2D eigenvalue weighted by atomic mass is 10.2. The van der Waals surface area contributed by atoms with Crippen molar-refractivity contribution in [1.82, 2.24) is 4.83 Å². The highest BCUT2D eigenvalue weighted by Crippen LogP contribution is 2.29. The number of rotatable bonds is 7. The summed E-state index contributed by atoms with van der Waals surface area (Å²) in [4.78, 5) is 14.5. The number of hydrazone groups is 1. The lowest BCUT2D eigenvalue weighted by molar-refractivity contribution is 0.0730. The monoisotopic (exact) mass is 478 g/mol. The van der Waals surface area contributed by atoms with Crippen molar-refractivity contribution in [3.05, 3.63) is 87.9 Å². The van der Waals surface area contributed by atoms with Crippen molar-refractivity contribution >= 4 is 45.4 Å². The topological polar surface area (TPSA) is 94.1 Å². The molecule has 0 radical (unpaired) electrons. The van der Waals surface area contributed by atoms with Crippen molar-refractivity contribution in [2.75, 3.05) is 7.11 Å². The third-order valence-corrected chi connectivity index (χ3v) is 5.81. The van der Waals surface area contributed by atoms with Crippen LogP contribution in [0.25, 0.3) is 0 Å². The van der Waals surface area contributed by atoms with Gasteiger partial charge in [-0.15, -0.1) is 0 Å². The smallest absolute Gasteiger partial charge is 0.345 e. The predicted octanol–water partition coefficient (Wildman–Crippen LogP) is 4.53. The second-order valence-electron chi connectivity index (χ2n) is 6.09. The van der Waals surface area contributed by atoms with Crippen molar-refractivity contribution in [3.63, 3.8) is 0 Å². The van der Waals surface area contributed by atoms with Crippen molar-refractivity contribution in [2.45, 2.75) is 4.90 Å². The number of nitrogens with one attached hydrogen (secondary N) is 1. The van der Waals surface area contributed by atoms with Crippen molar-refractivity contribution < 1.29 is 22.7 Å². The Morgan fingerprint density at radius 1 is 1.00 bits per heavy atom. The summed E-state index contributed by atoms with van der Waals surface area (Å²) in [7, 11) is -2.43. The number of ether oxygens (including phenoxy) is 2. The van der Waals surface area contributed by atoms with Gasteiger partial charge in [0.25, 0.3) is 10.0 Å². The number of esters is 1. The average Bonchev–Trinajstić information content (AvgIpc) is 2.75. The number of carbonyl (C=O) groups excluding carboxylic acids is 1. The highest BCUT2D eigenvalue weighted by Gasteiger charge is 2.16. The Morgan fingerprint density at radius 3 is 2.39 bits per heavy atom. The van der Waals surface area contributed by atoms with Crippen LogP contribution >= 0.6 is 23.2 Å². The number of hydrogen-bond acceptors (Lipinski definition) is 6. The van der Waals surface area contributed by atoms with Gasteiger partial charge >= 0.3 is 5.97 Å². The van der Waals surface area contributed by atoms with Gasteiger partial charge in [0.15, 0.2) is 11.5 Å². The van der Waals surface area contributed by atoms with Gasteiger partial charge in [-0.1, -0.05) is 35.3 Å². The Balaban J connectivity index is 1.73. The first-order chi connectivity index (χ1) is 14.8. The summed E-state index contributed by atoms with van der Waals surface area (Å²) in [5, 5.41) is 4.45. The third kappa shape index (κ3) is 5.75. The largest absolute Gasteiger partial charge is 0.493 e. The molecule has 0 fully saturated rings. The molecule has 0 unspecified atom stereocenters. The number of methoxy groups -OCH3 is 1. The molecule has 10 heteroatoms. The van der Waals surface area contributed by atoms with Crippen molar-refractivity contribution in [1.29, 1.82) is 0 Å². The van der Waals surface area contributed by atoms with Crippen LogP contribution in [-0.4, -0.2) is 27.7 Å². The zero-order chi connectivity index (χ0) is 22.4. The Morgan fingerprint density at radius 2 is 1.71 bits per heavy atom. The molecule has 0 aliphatic heterocycles. The molecule has 31 heavy (non-hydrogen) atoms. The van der Waals surface area contributed by atoms with Gasteiger partial charge in [-0.05, 0) is 60.2 Å². The van der Waals surface area contributed by atoms with Crippen LogP contribution in [-0.2, 0) is 10.0 Å². The van der Waals surface area contributed by atoms with Crippen LogP contribution in [0.1, 0.15) is 15.9 Å². The lowest BCUT2D eigenvalue weighted by Gasteiger charge is -2.10. The van der Waals surface area contributed by atoms with Crippen LogP contribution in [0.2, 0.25) is 10.0 Å². The van der Waals surface area contributed by atoms with Crippen LogP contribution in [0, 0.1) is 0 Å². The second kappa shape index (κ2) is 9.82. The molecule has 7 nitrogen and oxygen atoms in total. The summed E-state index contributed by atoms with van der Waals surface area (Å²) in [6, 6.07) is 16.8. The van der Waals surface area contributed by atoms with Gasteiger partial charge in [-0.2, -0.15) is 13.5 Å².